The summed E-state index contributed by atoms with van der Waals surface area (Å²) >= 11 is 0. The van der Waals surface area contributed by atoms with Crippen LogP contribution in [0.3, 0.4) is 0 Å². The lowest BCUT2D eigenvalue weighted by atomic mass is 10.1. The Bertz CT molecular complexity index is 1130. The Morgan fingerprint density at radius 1 is 1.17 bits per heavy atom. The molecule has 1 amide bonds. The molecule has 3 rings (SSSR count). The molecule has 0 fully saturated rings. The molecule has 0 aliphatic rings. The summed E-state index contributed by atoms with van der Waals surface area (Å²) in [6.45, 7) is 0. The van der Waals surface area contributed by atoms with Crippen molar-refractivity contribution >= 4 is 17.8 Å². The van der Waals surface area contributed by atoms with E-state index >= 15 is 0 Å². The molecule has 10 heteroatoms. The fourth-order valence-corrected chi connectivity index (χ4v) is 2.63. The van der Waals surface area contributed by atoms with Gasteiger partial charge in [0.1, 0.15) is 28.8 Å². The average Bonchev–Trinajstić information content (AvgIpc) is 3.21. The summed E-state index contributed by atoms with van der Waals surface area (Å²) in [7, 11) is 2.92. The fraction of sp³-hybridized carbons (Fsp3) is 0.100. The van der Waals surface area contributed by atoms with Crippen molar-refractivity contribution in [3.63, 3.8) is 0 Å². The summed E-state index contributed by atoms with van der Waals surface area (Å²) < 4.78 is 29.0. The van der Waals surface area contributed by atoms with Gasteiger partial charge in [0.15, 0.2) is 0 Å². The maximum Gasteiger partial charge on any atom is 0.283 e. The number of rotatable bonds is 7. The lowest BCUT2D eigenvalue weighted by molar-refractivity contribution is -0.384. The average molecular weight is 413 g/mol. The minimum atomic E-state index is -0.726. The number of amides is 1. The van der Waals surface area contributed by atoms with Crippen LogP contribution in [0.4, 0.5) is 10.1 Å². The Kier molecular flexibility index (Phi) is 6.06. The van der Waals surface area contributed by atoms with Gasteiger partial charge in [-0.25, -0.2) is 9.82 Å². The van der Waals surface area contributed by atoms with Crippen molar-refractivity contribution in [1.29, 1.82) is 0 Å². The third kappa shape index (κ3) is 4.43. The first-order valence-corrected chi connectivity index (χ1v) is 8.52. The number of hydrogen-bond donors (Lipinski definition) is 1. The van der Waals surface area contributed by atoms with E-state index in [1.807, 2.05) is 0 Å². The van der Waals surface area contributed by atoms with E-state index in [2.05, 4.69) is 10.5 Å². The van der Waals surface area contributed by atoms with Crippen LogP contribution in [0.15, 0.2) is 58.0 Å². The molecule has 0 radical (unpaired) electrons. The molecular formula is C20H16FN3O6. The topological polar surface area (TPSA) is 116 Å². The second-order valence-corrected chi connectivity index (χ2v) is 5.89. The Balaban J connectivity index is 1.74. The molecule has 2 aromatic carbocycles. The minimum Gasteiger partial charge on any atom is -0.497 e. The molecule has 0 aliphatic carbocycles. The third-order valence-corrected chi connectivity index (χ3v) is 4.06. The molecule has 0 spiro atoms. The summed E-state index contributed by atoms with van der Waals surface area (Å²) in [6.07, 6.45) is 1.23. The van der Waals surface area contributed by atoms with E-state index in [0.29, 0.717) is 11.5 Å². The van der Waals surface area contributed by atoms with Gasteiger partial charge in [-0.3, -0.25) is 14.9 Å². The van der Waals surface area contributed by atoms with Crippen LogP contribution in [0, 0.1) is 15.9 Å². The first-order chi connectivity index (χ1) is 14.4. The van der Waals surface area contributed by atoms with Crippen molar-refractivity contribution in [2.75, 3.05) is 14.2 Å². The van der Waals surface area contributed by atoms with E-state index in [-0.39, 0.29) is 22.6 Å². The van der Waals surface area contributed by atoms with Crippen molar-refractivity contribution in [3.05, 3.63) is 75.8 Å². The number of carbonyl (C=O) groups is 1. The Labute approximate surface area is 169 Å². The lowest BCUT2D eigenvalue weighted by Gasteiger charge is -2.08. The van der Waals surface area contributed by atoms with Crippen LogP contribution >= 0.6 is 0 Å². The van der Waals surface area contributed by atoms with E-state index in [4.69, 9.17) is 13.9 Å². The molecule has 154 valence electrons. The fourth-order valence-electron chi connectivity index (χ4n) is 2.63. The van der Waals surface area contributed by atoms with E-state index < -0.39 is 22.3 Å². The number of benzene rings is 2. The van der Waals surface area contributed by atoms with Gasteiger partial charge in [0.2, 0.25) is 0 Å². The maximum absolute atomic E-state index is 13.3. The zero-order chi connectivity index (χ0) is 21.7. The largest absolute Gasteiger partial charge is 0.497 e. The standard InChI is InChI=1S/C20H16FN3O6/c1-28-13-4-7-16(19(10-13)29-2)20(25)23-22-11-14-5-8-18(30-14)15-6-3-12(21)9-17(15)24(26)27/h3-11H,1-2H3,(H,23,25)/b22-11-. The molecule has 0 saturated carbocycles. The van der Waals surface area contributed by atoms with Crippen LogP contribution in [0.2, 0.25) is 0 Å². The summed E-state index contributed by atoms with van der Waals surface area (Å²) in [5.74, 6) is -0.0186. The first kappa shape index (κ1) is 20.5. The summed E-state index contributed by atoms with van der Waals surface area (Å²) in [4.78, 5) is 22.7. The third-order valence-electron chi connectivity index (χ3n) is 4.06. The Morgan fingerprint density at radius 2 is 1.97 bits per heavy atom. The van der Waals surface area contributed by atoms with E-state index in [0.717, 1.165) is 12.1 Å². The predicted molar refractivity (Wildman–Crippen MR) is 105 cm³/mol. The van der Waals surface area contributed by atoms with Crippen LogP contribution < -0.4 is 14.9 Å². The minimum absolute atomic E-state index is 0.119. The highest BCUT2D eigenvalue weighted by Gasteiger charge is 2.19. The van der Waals surface area contributed by atoms with Gasteiger partial charge >= 0.3 is 0 Å². The smallest absolute Gasteiger partial charge is 0.283 e. The number of hydrazone groups is 1. The van der Waals surface area contributed by atoms with Gasteiger partial charge in [-0.2, -0.15) is 5.10 Å². The van der Waals surface area contributed by atoms with Crippen LogP contribution in [0.5, 0.6) is 11.5 Å². The second kappa shape index (κ2) is 8.86. The molecule has 30 heavy (non-hydrogen) atoms. The Hall–Kier alpha value is -4.21. The zero-order valence-electron chi connectivity index (χ0n) is 15.9. The maximum atomic E-state index is 13.3. The molecule has 3 aromatic rings. The van der Waals surface area contributed by atoms with Crippen LogP contribution in [0.1, 0.15) is 16.1 Å². The van der Waals surface area contributed by atoms with Gasteiger partial charge in [0.25, 0.3) is 11.6 Å². The number of hydrogen-bond acceptors (Lipinski definition) is 7. The van der Waals surface area contributed by atoms with Gasteiger partial charge in [0.05, 0.1) is 42.6 Å². The Morgan fingerprint density at radius 3 is 2.67 bits per heavy atom. The molecule has 0 atom stereocenters. The molecule has 9 nitrogen and oxygen atoms in total. The number of ether oxygens (including phenoxy) is 2. The SMILES string of the molecule is COc1ccc(C(=O)N/N=C\c2ccc(-c3ccc(F)cc3[N+](=O)[O-])o2)c(OC)c1. The molecule has 1 N–H and O–H groups in total. The molecule has 1 aromatic heterocycles. The molecule has 0 unspecified atom stereocenters. The highest BCUT2D eigenvalue weighted by Crippen LogP contribution is 2.31. The number of carbonyl (C=O) groups excluding carboxylic acids is 1. The van der Waals surface area contributed by atoms with Crippen molar-refractivity contribution in [2.24, 2.45) is 5.10 Å². The lowest BCUT2D eigenvalue weighted by Crippen LogP contribution is -2.18. The summed E-state index contributed by atoms with van der Waals surface area (Å²) in [6, 6.07) is 10.9. The summed E-state index contributed by atoms with van der Waals surface area (Å²) in [5.41, 5.74) is 2.28. The molecule has 0 aliphatic heterocycles. The van der Waals surface area contributed by atoms with Gasteiger partial charge in [-0.1, -0.05) is 0 Å². The molecule has 1 heterocycles. The highest BCUT2D eigenvalue weighted by molar-refractivity contribution is 5.97. The van der Waals surface area contributed by atoms with Crippen LogP contribution in [0.25, 0.3) is 11.3 Å². The van der Waals surface area contributed by atoms with Crippen molar-refractivity contribution in [1.82, 2.24) is 5.43 Å². The van der Waals surface area contributed by atoms with Crippen LogP contribution in [-0.2, 0) is 0 Å². The first-order valence-electron chi connectivity index (χ1n) is 8.52. The van der Waals surface area contributed by atoms with E-state index in [1.54, 1.807) is 12.1 Å². The molecule has 0 bridgehead atoms. The van der Waals surface area contributed by atoms with Crippen molar-refractivity contribution in [2.45, 2.75) is 0 Å². The van der Waals surface area contributed by atoms with E-state index in [9.17, 15) is 19.3 Å². The zero-order valence-corrected chi connectivity index (χ0v) is 15.9. The van der Waals surface area contributed by atoms with Crippen molar-refractivity contribution in [3.8, 4) is 22.8 Å². The van der Waals surface area contributed by atoms with Gasteiger partial charge in [0, 0.05) is 6.07 Å². The van der Waals surface area contributed by atoms with Gasteiger partial charge in [-0.15, -0.1) is 0 Å². The van der Waals surface area contributed by atoms with Gasteiger partial charge in [-0.05, 0) is 36.4 Å². The molecular weight excluding hydrogens is 397 g/mol. The number of methoxy groups -OCH3 is 2. The number of furan rings is 1. The molecule has 0 saturated heterocycles. The van der Waals surface area contributed by atoms with Gasteiger partial charge < -0.3 is 13.9 Å². The number of nitrogens with zero attached hydrogens (tertiary/aromatic N) is 2. The number of nitrogens with one attached hydrogen (secondary N) is 1. The quantitative estimate of drug-likeness (QED) is 0.358. The summed E-state index contributed by atoms with van der Waals surface area (Å²) in [5, 5.41) is 14.9. The van der Waals surface area contributed by atoms with E-state index in [1.165, 1.54) is 44.7 Å². The normalized spacial score (nSPS) is 10.8. The van der Waals surface area contributed by atoms with Crippen LogP contribution in [-0.4, -0.2) is 31.3 Å². The second-order valence-electron chi connectivity index (χ2n) is 5.89. The number of nitro benzene ring substituents is 1. The number of nitro groups is 1. The number of halogens is 1. The predicted octanol–water partition coefficient (Wildman–Crippen LogP) is 3.78. The van der Waals surface area contributed by atoms with Crippen molar-refractivity contribution < 1.29 is 28.0 Å². The monoisotopic (exact) mass is 413 g/mol. The highest BCUT2D eigenvalue weighted by atomic mass is 19.1.